The first-order valence-corrected chi connectivity index (χ1v) is 9.26. The van der Waals surface area contributed by atoms with Gasteiger partial charge in [-0.3, -0.25) is 4.98 Å². The number of hydrogen-bond donors (Lipinski definition) is 0. The number of hydrogen-bond acceptors (Lipinski definition) is 3. The first-order chi connectivity index (χ1) is 12.7. The van der Waals surface area contributed by atoms with Gasteiger partial charge >= 0.3 is 5.97 Å². The number of halogens is 2. The van der Waals surface area contributed by atoms with Gasteiger partial charge in [-0.15, -0.1) is 0 Å². The van der Waals surface area contributed by atoms with Crippen LogP contribution < -0.4 is 0 Å². The Morgan fingerprint density at radius 3 is 2.15 bits per heavy atom. The predicted octanol–water partition coefficient (Wildman–Crippen LogP) is 5.61. The van der Waals surface area contributed by atoms with Gasteiger partial charge in [-0.1, -0.05) is 12.1 Å². The summed E-state index contributed by atoms with van der Waals surface area (Å²) in [5.74, 6) is -0.775. The lowest BCUT2D eigenvalue weighted by molar-refractivity contribution is 0.00597. The lowest BCUT2D eigenvalue weighted by Crippen LogP contribution is -2.25. The largest absolute Gasteiger partial charge is 0.455 e. The van der Waals surface area contributed by atoms with E-state index >= 15 is 0 Å². The van der Waals surface area contributed by atoms with Crippen molar-refractivity contribution in [1.82, 2.24) is 9.55 Å². The fourth-order valence-electron chi connectivity index (χ4n) is 2.90. The molecule has 3 rings (SSSR count). The summed E-state index contributed by atoms with van der Waals surface area (Å²) in [5, 5.41) is 0. The van der Waals surface area contributed by atoms with Crippen molar-refractivity contribution in [3.05, 3.63) is 64.9 Å². The first kappa shape index (κ1) is 19.3. The molecule has 0 unspecified atom stereocenters. The third kappa shape index (κ3) is 3.95. The van der Waals surface area contributed by atoms with Crippen LogP contribution in [0.2, 0.25) is 0 Å². The highest BCUT2D eigenvalue weighted by Gasteiger charge is 2.29. The molecule has 0 amide bonds. The number of benzene rings is 1. The summed E-state index contributed by atoms with van der Waals surface area (Å²) in [6.07, 6.45) is 3.38. The molecule has 0 spiro atoms. The lowest BCUT2D eigenvalue weighted by atomic mass is 9.97. The second-order valence-corrected chi connectivity index (χ2v) is 7.94. The maximum Gasteiger partial charge on any atom is 0.356 e. The number of rotatable bonds is 3. The lowest BCUT2D eigenvalue weighted by Gasteiger charge is -2.20. The van der Waals surface area contributed by atoms with Crippen molar-refractivity contribution in [2.75, 3.05) is 0 Å². The topological polar surface area (TPSA) is 44.1 Å². The van der Waals surface area contributed by atoms with Crippen molar-refractivity contribution in [1.29, 1.82) is 0 Å². The van der Waals surface area contributed by atoms with Gasteiger partial charge in [0.2, 0.25) is 0 Å². The second kappa shape index (κ2) is 7.27. The predicted molar refractivity (Wildman–Crippen MR) is 107 cm³/mol. The van der Waals surface area contributed by atoms with Crippen molar-refractivity contribution in [2.24, 2.45) is 7.05 Å². The van der Waals surface area contributed by atoms with E-state index in [0.717, 1.165) is 21.3 Å². The average molecular weight is 431 g/mol. The summed E-state index contributed by atoms with van der Waals surface area (Å²) in [6.45, 7) is 5.47. The average Bonchev–Trinajstić information content (AvgIpc) is 2.86. The van der Waals surface area contributed by atoms with Crippen LogP contribution >= 0.6 is 15.9 Å². The van der Waals surface area contributed by atoms with Gasteiger partial charge in [0.1, 0.15) is 17.1 Å². The third-order valence-electron chi connectivity index (χ3n) is 4.02. The quantitative estimate of drug-likeness (QED) is 0.507. The van der Waals surface area contributed by atoms with Gasteiger partial charge in [0, 0.05) is 30.6 Å². The van der Waals surface area contributed by atoms with Crippen molar-refractivity contribution >= 4 is 21.9 Å². The van der Waals surface area contributed by atoms with E-state index in [4.69, 9.17) is 4.74 Å². The van der Waals surface area contributed by atoms with E-state index < -0.39 is 11.6 Å². The fourth-order valence-corrected chi connectivity index (χ4v) is 3.50. The normalized spacial score (nSPS) is 11.5. The van der Waals surface area contributed by atoms with Gasteiger partial charge < -0.3 is 9.30 Å². The molecule has 0 radical (unpaired) electrons. The van der Waals surface area contributed by atoms with Crippen molar-refractivity contribution in [3.8, 4) is 22.3 Å². The number of carbonyl (C=O) groups excluding carboxylic acids is 1. The van der Waals surface area contributed by atoms with Crippen LogP contribution in [0, 0.1) is 5.82 Å². The monoisotopic (exact) mass is 430 g/mol. The molecule has 140 valence electrons. The Kier molecular flexibility index (Phi) is 5.20. The molecule has 0 atom stereocenters. The highest BCUT2D eigenvalue weighted by molar-refractivity contribution is 9.10. The molecule has 2 aromatic heterocycles. The van der Waals surface area contributed by atoms with E-state index in [9.17, 15) is 9.18 Å². The van der Waals surface area contributed by atoms with Gasteiger partial charge in [0.05, 0.1) is 4.60 Å². The van der Waals surface area contributed by atoms with E-state index in [-0.39, 0.29) is 5.82 Å². The number of esters is 1. The summed E-state index contributed by atoms with van der Waals surface area (Å²) in [7, 11) is 1.79. The fraction of sp³-hybridized carbons (Fsp3) is 0.238. The minimum absolute atomic E-state index is 0.335. The molecule has 0 aliphatic carbocycles. The molecule has 1 aromatic carbocycles. The number of aromatic nitrogens is 2. The minimum atomic E-state index is -0.634. The molecule has 3 aromatic rings. The molecule has 0 aliphatic heterocycles. The zero-order chi connectivity index (χ0) is 19.8. The number of pyridine rings is 1. The zero-order valence-electron chi connectivity index (χ0n) is 15.6. The summed E-state index contributed by atoms with van der Waals surface area (Å²) in [5.41, 5.74) is 2.89. The van der Waals surface area contributed by atoms with Crippen molar-refractivity contribution in [2.45, 2.75) is 26.4 Å². The summed E-state index contributed by atoms with van der Waals surface area (Å²) < 4.78 is 21.6. The number of nitrogens with zero attached hydrogens (tertiary/aromatic N) is 2. The van der Waals surface area contributed by atoms with Crippen LogP contribution in [0.4, 0.5) is 4.39 Å². The van der Waals surface area contributed by atoms with Crippen molar-refractivity contribution in [3.63, 3.8) is 0 Å². The van der Waals surface area contributed by atoms with Gasteiger partial charge in [-0.05, 0) is 72.1 Å². The highest BCUT2D eigenvalue weighted by atomic mass is 79.9. The van der Waals surface area contributed by atoms with Crippen LogP contribution in [0.5, 0.6) is 0 Å². The summed E-state index contributed by atoms with van der Waals surface area (Å²) in [4.78, 5) is 17.1. The maximum atomic E-state index is 13.5. The number of ether oxygens (including phenoxy) is 1. The van der Waals surface area contributed by atoms with Gasteiger partial charge in [0.15, 0.2) is 0 Å². The molecule has 0 bridgehead atoms. The van der Waals surface area contributed by atoms with Crippen LogP contribution in [0.15, 0.2) is 53.4 Å². The third-order valence-corrected chi connectivity index (χ3v) is 4.95. The van der Waals surface area contributed by atoms with E-state index in [1.54, 1.807) is 36.1 Å². The molecule has 2 heterocycles. The van der Waals surface area contributed by atoms with Crippen LogP contribution in [-0.4, -0.2) is 21.1 Å². The van der Waals surface area contributed by atoms with Crippen LogP contribution in [0.3, 0.4) is 0 Å². The second-order valence-electron chi connectivity index (χ2n) is 7.19. The molecule has 0 saturated heterocycles. The smallest absolute Gasteiger partial charge is 0.356 e. The molecular formula is C21H20BrFN2O2. The summed E-state index contributed by atoms with van der Waals surface area (Å²) >= 11 is 3.61. The Labute approximate surface area is 166 Å². The van der Waals surface area contributed by atoms with Gasteiger partial charge in [0.25, 0.3) is 0 Å². The highest BCUT2D eigenvalue weighted by Crippen LogP contribution is 2.42. The SMILES string of the molecule is Cn1c(Br)c(-c2ccncc2)c(-c2ccc(F)cc2)c1C(=O)OC(C)(C)C. The van der Waals surface area contributed by atoms with Gasteiger partial charge in [-0.2, -0.15) is 0 Å². The molecule has 6 heteroatoms. The molecule has 0 saturated carbocycles. The van der Waals surface area contributed by atoms with Crippen LogP contribution in [0.1, 0.15) is 31.3 Å². The van der Waals surface area contributed by atoms with Crippen molar-refractivity contribution < 1.29 is 13.9 Å². The minimum Gasteiger partial charge on any atom is -0.455 e. The van der Waals surface area contributed by atoms with E-state index in [1.165, 1.54) is 12.1 Å². The molecule has 0 aliphatic rings. The molecule has 0 fully saturated rings. The Balaban J connectivity index is 2.30. The number of carbonyl (C=O) groups is 1. The van der Waals surface area contributed by atoms with E-state index in [0.29, 0.717) is 11.3 Å². The van der Waals surface area contributed by atoms with E-state index in [1.807, 2.05) is 32.9 Å². The molecule has 4 nitrogen and oxygen atoms in total. The molecule has 0 N–H and O–H groups in total. The van der Waals surface area contributed by atoms with E-state index in [2.05, 4.69) is 20.9 Å². The Bertz CT molecular complexity index is 974. The summed E-state index contributed by atoms with van der Waals surface area (Å²) in [6, 6.07) is 9.82. The van der Waals surface area contributed by atoms with Crippen LogP contribution in [-0.2, 0) is 11.8 Å². The van der Waals surface area contributed by atoms with Crippen LogP contribution in [0.25, 0.3) is 22.3 Å². The maximum absolute atomic E-state index is 13.5. The molecule has 27 heavy (non-hydrogen) atoms. The standard InChI is InChI=1S/C21H20BrFN2O2/c1-21(2,3)27-20(26)18-16(13-5-7-15(23)8-6-13)17(19(22)25(18)4)14-9-11-24-12-10-14/h5-12H,1-4H3. The Hall–Kier alpha value is -2.47. The molecular weight excluding hydrogens is 411 g/mol. The van der Waals surface area contributed by atoms with Gasteiger partial charge in [-0.25, -0.2) is 9.18 Å². The Morgan fingerprint density at radius 2 is 1.59 bits per heavy atom. The zero-order valence-corrected chi connectivity index (χ0v) is 17.2. The first-order valence-electron chi connectivity index (χ1n) is 8.47. The Morgan fingerprint density at radius 1 is 1.04 bits per heavy atom.